The number of benzene rings is 4. The van der Waals surface area contributed by atoms with Gasteiger partial charge in [-0.3, -0.25) is 0 Å². The number of hydrogen-bond acceptors (Lipinski definition) is 0. The Morgan fingerprint density at radius 1 is 0.538 bits per heavy atom. The van der Waals surface area contributed by atoms with Gasteiger partial charge in [0.15, 0.2) is 0 Å². The van der Waals surface area contributed by atoms with Crippen molar-refractivity contribution < 1.29 is 0 Å². The Balaban J connectivity index is 1.79. The Bertz CT molecular complexity index is 1200. The van der Waals surface area contributed by atoms with E-state index in [1.165, 1.54) is 21.8 Å². The molecule has 4 aromatic carbocycles. The lowest BCUT2D eigenvalue weighted by Crippen LogP contribution is -2.00. The van der Waals surface area contributed by atoms with Gasteiger partial charge in [-0.25, -0.2) is 0 Å². The molecule has 0 fully saturated rings. The number of hydrogen-bond donors (Lipinski definition) is 0. The van der Waals surface area contributed by atoms with Crippen LogP contribution in [0.25, 0.3) is 38.6 Å². The Labute approximate surface area is 153 Å². The molecule has 0 aliphatic heterocycles. The van der Waals surface area contributed by atoms with Crippen LogP contribution in [0.4, 0.5) is 0 Å². The molecular formula is C24H16BN. The fourth-order valence-corrected chi connectivity index (χ4v) is 3.74. The van der Waals surface area contributed by atoms with Gasteiger partial charge in [0.25, 0.3) is 0 Å². The molecule has 0 unspecified atom stereocenters. The molecule has 5 aromatic rings. The highest BCUT2D eigenvalue weighted by Crippen LogP contribution is 2.32. The molecule has 1 heterocycles. The van der Waals surface area contributed by atoms with Gasteiger partial charge < -0.3 is 4.57 Å². The summed E-state index contributed by atoms with van der Waals surface area (Å²) < 4.78 is 2.33. The number of aromatic nitrogens is 1. The van der Waals surface area contributed by atoms with E-state index in [0.29, 0.717) is 0 Å². The first-order chi connectivity index (χ1) is 12.8. The third kappa shape index (κ3) is 2.34. The molecule has 0 aliphatic carbocycles. The molecule has 1 nitrogen and oxygen atoms in total. The maximum Gasteiger partial charge on any atom is 0.113 e. The minimum absolute atomic E-state index is 0.782. The third-order valence-corrected chi connectivity index (χ3v) is 4.90. The van der Waals surface area contributed by atoms with Crippen LogP contribution in [-0.4, -0.2) is 12.4 Å². The van der Waals surface area contributed by atoms with Crippen LogP contribution in [0, 0.1) is 0 Å². The smallest absolute Gasteiger partial charge is 0.113 e. The first-order valence-corrected chi connectivity index (χ1v) is 8.76. The first-order valence-electron chi connectivity index (χ1n) is 8.76. The largest absolute Gasteiger partial charge is 0.309 e. The molecule has 0 atom stereocenters. The Morgan fingerprint density at radius 2 is 1.12 bits per heavy atom. The van der Waals surface area contributed by atoms with E-state index in [0.717, 1.165) is 22.3 Å². The van der Waals surface area contributed by atoms with Crippen LogP contribution < -0.4 is 5.46 Å². The van der Waals surface area contributed by atoms with Crippen molar-refractivity contribution in [3.63, 3.8) is 0 Å². The van der Waals surface area contributed by atoms with Crippen molar-refractivity contribution in [1.29, 1.82) is 0 Å². The SMILES string of the molecule is [B]c1cccc(-c2cccc(-n3c4ccccc4c4ccccc43)c2)c1. The van der Waals surface area contributed by atoms with E-state index in [-0.39, 0.29) is 0 Å². The Hall–Kier alpha value is -3.26. The van der Waals surface area contributed by atoms with Crippen molar-refractivity contribution in [3.05, 3.63) is 97.1 Å². The molecule has 1 aromatic heterocycles. The summed E-state index contributed by atoms with van der Waals surface area (Å²) in [6, 6.07) is 33.8. The fraction of sp³-hybridized carbons (Fsp3) is 0. The van der Waals surface area contributed by atoms with E-state index >= 15 is 0 Å². The zero-order valence-corrected chi connectivity index (χ0v) is 14.3. The van der Waals surface area contributed by atoms with Gasteiger partial charge in [0.1, 0.15) is 7.85 Å². The molecule has 26 heavy (non-hydrogen) atoms. The third-order valence-electron chi connectivity index (χ3n) is 4.90. The van der Waals surface area contributed by atoms with Crippen LogP contribution in [0.5, 0.6) is 0 Å². The maximum atomic E-state index is 5.97. The molecule has 0 amide bonds. The van der Waals surface area contributed by atoms with Crippen molar-refractivity contribution >= 4 is 35.1 Å². The van der Waals surface area contributed by atoms with Crippen LogP contribution in [-0.2, 0) is 0 Å². The second kappa shape index (κ2) is 5.92. The van der Waals surface area contributed by atoms with Gasteiger partial charge in [-0.05, 0) is 35.4 Å². The standard InChI is InChI=1S/C24H16BN/c25-19-9-5-7-17(15-19)18-8-6-10-20(16-18)26-23-13-3-1-11-21(23)22-12-2-4-14-24(22)26/h1-16H. The van der Waals surface area contributed by atoms with E-state index in [1.54, 1.807) is 0 Å². The summed E-state index contributed by atoms with van der Waals surface area (Å²) in [6.07, 6.45) is 0. The summed E-state index contributed by atoms with van der Waals surface area (Å²) in [5, 5.41) is 2.55. The topological polar surface area (TPSA) is 4.93 Å². The molecule has 5 rings (SSSR count). The normalized spacial score (nSPS) is 11.2. The molecule has 0 spiro atoms. The lowest BCUT2D eigenvalue weighted by atomic mass is 9.92. The maximum absolute atomic E-state index is 5.97. The lowest BCUT2D eigenvalue weighted by Gasteiger charge is -2.10. The predicted octanol–water partition coefficient (Wildman–Crippen LogP) is 5.24. The molecule has 0 aliphatic rings. The summed E-state index contributed by atoms with van der Waals surface area (Å²) in [4.78, 5) is 0. The van der Waals surface area contributed by atoms with Crippen molar-refractivity contribution in [2.24, 2.45) is 0 Å². The van der Waals surface area contributed by atoms with Crippen LogP contribution >= 0.6 is 0 Å². The van der Waals surface area contributed by atoms with Gasteiger partial charge in [-0.1, -0.05) is 78.3 Å². The second-order valence-corrected chi connectivity index (χ2v) is 6.55. The monoisotopic (exact) mass is 329 g/mol. The van der Waals surface area contributed by atoms with Crippen molar-refractivity contribution in [3.8, 4) is 16.8 Å². The highest BCUT2D eigenvalue weighted by molar-refractivity contribution is 6.32. The zero-order valence-electron chi connectivity index (χ0n) is 14.3. The van der Waals surface area contributed by atoms with Gasteiger partial charge in [-0.2, -0.15) is 0 Å². The number of rotatable bonds is 2. The van der Waals surface area contributed by atoms with Crippen LogP contribution in [0.1, 0.15) is 0 Å². The lowest BCUT2D eigenvalue weighted by molar-refractivity contribution is 1.18. The quantitative estimate of drug-likeness (QED) is 0.390. The molecule has 120 valence electrons. The van der Waals surface area contributed by atoms with Crippen LogP contribution in [0.3, 0.4) is 0 Å². The molecule has 0 bridgehead atoms. The second-order valence-electron chi connectivity index (χ2n) is 6.55. The number of nitrogens with zero attached hydrogens (tertiary/aromatic N) is 1. The molecule has 2 heteroatoms. The van der Waals surface area contributed by atoms with Crippen LogP contribution in [0.15, 0.2) is 97.1 Å². The van der Waals surface area contributed by atoms with Crippen molar-refractivity contribution in [2.45, 2.75) is 0 Å². The zero-order chi connectivity index (χ0) is 17.5. The van der Waals surface area contributed by atoms with Gasteiger partial charge in [0.05, 0.1) is 11.0 Å². The van der Waals surface area contributed by atoms with E-state index in [4.69, 9.17) is 7.85 Å². The van der Waals surface area contributed by atoms with Gasteiger partial charge in [0, 0.05) is 16.5 Å². The van der Waals surface area contributed by atoms with E-state index in [9.17, 15) is 0 Å². The van der Waals surface area contributed by atoms with Gasteiger partial charge in [0.2, 0.25) is 0 Å². The average Bonchev–Trinajstić information content (AvgIpc) is 3.03. The van der Waals surface area contributed by atoms with Gasteiger partial charge in [-0.15, -0.1) is 0 Å². The minimum Gasteiger partial charge on any atom is -0.309 e. The molecule has 0 saturated carbocycles. The highest BCUT2D eigenvalue weighted by atomic mass is 15.0. The number of para-hydroxylation sites is 2. The summed E-state index contributed by atoms with van der Waals surface area (Å²) in [6.45, 7) is 0. The summed E-state index contributed by atoms with van der Waals surface area (Å²) in [7, 11) is 5.97. The molecule has 0 saturated heterocycles. The highest BCUT2D eigenvalue weighted by Gasteiger charge is 2.11. The first kappa shape index (κ1) is 15.0. The summed E-state index contributed by atoms with van der Waals surface area (Å²) >= 11 is 0. The Kier molecular flexibility index (Phi) is 3.43. The number of fused-ring (bicyclic) bond motifs is 3. The van der Waals surface area contributed by atoms with Crippen molar-refractivity contribution in [1.82, 2.24) is 4.57 Å². The average molecular weight is 329 g/mol. The van der Waals surface area contributed by atoms with Crippen LogP contribution in [0.2, 0.25) is 0 Å². The van der Waals surface area contributed by atoms with Gasteiger partial charge >= 0.3 is 0 Å². The Morgan fingerprint density at radius 3 is 1.77 bits per heavy atom. The van der Waals surface area contributed by atoms with Crippen molar-refractivity contribution in [2.75, 3.05) is 0 Å². The minimum atomic E-state index is 0.782. The van der Waals surface area contributed by atoms with E-state index in [1.807, 2.05) is 18.2 Å². The summed E-state index contributed by atoms with van der Waals surface area (Å²) in [5.74, 6) is 0. The molecule has 2 radical (unpaired) electrons. The van der Waals surface area contributed by atoms with E-state index in [2.05, 4.69) is 83.4 Å². The fourth-order valence-electron chi connectivity index (χ4n) is 3.74. The van der Waals surface area contributed by atoms with E-state index < -0.39 is 0 Å². The molecular weight excluding hydrogens is 313 g/mol. The summed E-state index contributed by atoms with van der Waals surface area (Å²) in [5.41, 5.74) is 6.67. The predicted molar refractivity (Wildman–Crippen MR) is 112 cm³/mol. The molecule has 0 N–H and O–H groups in total.